The van der Waals surface area contributed by atoms with Gasteiger partial charge < -0.3 is 10.6 Å². The number of nitrogens with one attached hydrogen (secondary N) is 2. The zero-order valence-electron chi connectivity index (χ0n) is 12.3. The largest absolute Gasteiger partial charge is 0.319 e. The van der Waals surface area contributed by atoms with E-state index in [2.05, 4.69) is 45.3 Å². The number of hydrogen-bond donors (Lipinski definition) is 2. The highest BCUT2D eigenvalue weighted by atomic mass is 32.1. The molecule has 0 aliphatic carbocycles. The Kier molecular flexibility index (Phi) is 6.18. The van der Waals surface area contributed by atoms with Crippen LogP contribution in [0.3, 0.4) is 0 Å². The standard InChI is InChI=1S/C16H23N3S/c1-13-12-20-16(19-13)8-10-18-11-15-6-4-3-5-14(15)7-9-17-2/h3-6,12,17-18H,7-11H2,1-2H3. The zero-order valence-corrected chi connectivity index (χ0v) is 13.1. The molecule has 0 saturated heterocycles. The molecule has 0 saturated carbocycles. The summed E-state index contributed by atoms with van der Waals surface area (Å²) in [6.45, 7) is 4.98. The monoisotopic (exact) mass is 289 g/mol. The van der Waals surface area contributed by atoms with Gasteiger partial charge in [0.2, 0.25) is 0 Å². The second kappa shape index (κ2) is 8.15. The summed E-state index contributed by atoms with van der Waals surface area (Å²) in [5.41, 5.74) is 3.96. The van der Waals surface area contributed by atoms with Gasteiger partial charge in [-0.15, -0.1) is 11.3 Å². The van der Waals surface area contributed by atoms with Crippen LogP contribution in [0.1, 0.15) is 21.8 Å². The maximum absolute atomic E-state index is 4.48. The van der Waals surface area contributed by atoms with Crippen LogP contribution in [0.5, 0.6) is 0 Å². The molecule has 0 amide bonds. The fourth-order valence-electron chi connectivity index (χ4n) is 2.17. The van der Waals surface area contributed by atoms with Crippen molar-refractivity contribution >= 4 is 11.3 Å². The van der Waals surface area contributed by atoms with Crippen LogP contribution in [0, 0.1) is 6.92 Å². The third-order valence-electron chi connectivity index (χ3n) is 3.26. The summed E-state index contributed by atoms with van der Waals surface area (Å²) >= 11 is 1.75. The number of nitrogens with zero attached hydrogens (tertiary/aromatic N) is 1. The van der Waals surface area contributed by atoms with Crippen LogP contribution in [-0.4, -0.2) is 25.1 Å². The van der Waals surface area contributed by atoms with Gasteiger partial charge in [-0.05, 0) is 38.1 Å². The number of aromatic nitrogens is 1. The number of aryl methyl sites for hydroxylation is 1. The van der Waals surface area contributed by atoms with Crippen molar-refractivity contribution in [3.05, 3.63) is 51.5 Å². The van der Waals surface area contributed by atoms with Crippen molar-refractivity contribution in [3.8, 4) is 0 Å². The third kappa shape index (κ3) is 4.71. The fraction of sp³-hybridized carbons (Fsp3) is 0.438. The van der Waals surface area contributed by atoms with E-state index in [0.29, 0.717) is 0 Å². The van der Waals surface area contributed by atoms with E-state index < -0.39 is 0 Å². The van der Waals surface area contributed by atoms with E-state index in [1.54, 1.807) is 11.3 Å². The summed E-state index contributed by atoms with van der Waals surface area (Å²) in [6.07, 6.45) is 2.09. The highest BCUT2D eigenvalue weighted by Gasteiger charge is 2.02. The maximum Gasteiger partial charge on any atom is 0.0940 e. The first-order chi connectivity index (χ1) is 9.79. The molecule has 20 heavy (non-hydrogen) atoms. The molecule has 1 aromatic carbocycles. The van der Waals surface area contributed by atoms with E-state index in [4.69, 9.17) is 0 Å². The van der Waals surface area contributed by atoms with Crippen molar-refractivity contribution in [2.45, 2.75) is 26.3 Å². The van der Waals surface area contributed by atoms with Crippen molar-refractivity contribution < 1.29 is 0 Å². The second-order valence-corrected chi connectivity index (χ2v) is 5.87. The van der Waals surface area contributed by atoms with Crippen molar-refractivity contribution in [1.29, 1.82) is 0 Å². The van der Waals surface area contributed by atoms with E-state index in [1.807, 2.05) is 14.0 Å². The highest BCUT2D eigenvalue weighted by molar-refractivity contribution is 7.09. The number of likely N-dealkylation sites (N-methyl/N-ethyl adjacent to an activating group) is 1. The maximum atomic E-state index is 4.48. The van der Waals surface area contributed by atoms with Crippen LogP contribution in [0.4, 0.5) is 0 Å². The Bertz CT molecular complexity index is 522. The van der Waals surface area contributed by atoms with Crippen LogP contribution in [0.25, 0.3) is 0 Å². The summed E-state index contributed by atoms with van der Waals surface area (Å²) in [6, 6.07) is 8.67. The molecule has 0 aliphatic rings. The zero-order chi connectivity index (χ0) is 14.2. The van der Waals surface area contributed by atoms with Crippen molar-refractivity contribution in [2.24, 2.45) is 0 Å². The first-order valence-electron chi connectivity index (χ1n) is 7.12. The van der Waals surface area contributed by atoms with Crippen molar-refractivity contribution in [1.82, 2.24) is 15.6 Å². The SMILES string of the molecule is CNCCc1ccccc1CNCCc1nc(C)cs1. The van der Waals surface area contributed by atoms with Crippen LogP contribution >= 0.6 is 11.3 Å². The fourth-order valence-corrected chi connectivity index (χ4v) is 2.95. The molecule has 0 atom stereocenters. The molecule has 0 spiro atoms. The molecule has 0 fully saturated rings. The van der Waals surface area contributed by atoms with Gasteiger partial charge in [-0.25, -0.2) is 4.98 Å². The Hall–Kier alpha value is -1.23. The summed E-state index contributed by atoms with van der Waals surface area (Å²) in [5.74, 6) is 0. The van der Waals surface area contributed by atoms with E-state index in [1.165, 1.54) is 16.1 Å². The van der Waals surface area contributed by atoms with E-state index >= 15 is 0 Å². The molecule has 2 aromatic rings. The summed E-state index contributed by atoms with van der Waals surface area (Å²) in [5, 5.41) is 10.1. The molecule has 108 valence electrons. The minimum absolute atomic E-state index is 0.935. The van der Waals surface area contributed by atoms with Gasteiger partial charge in [0.15, 0.2) is 0 Å². The summed E-state index contributed by atoms with van der Waals surface area (Å²) < 4.78 is 0. The predicted octanol–water partition coefficient (Wildman–Crippen LogP) is 2.55. The molecule has 1 aromatic heterocycles. The quantitative estimate of drug-likeness (QED) is 0.733. The minimum Gasteiger partial charge on any atom is -0.319 e. The van der Waals surface area contributed by atoms with Crippen LogP contribution in [0.2, 0.25) is 0 Å². The molecule has 0 unspecified atom stereocenters. The van der Waals surface area contributed by atoms with Crippen LogP contribution < -0.4 is 10.6 Å². The topological polar surface area (TPSA) is 37.0 Å². The highest BCUT2D eigenvalue weighted by Crippen LogP contribution is 2.10. The van der Waals surface area contributed by atoms with Gasteiger partial charge in [-0.1, -0.05) is 24.3 Å². The molecular weight excluding hydrogens is 266 g/mol. The molecule has 2 rings (SSSR count). The smallest absolute Gasteiger partial charge is 0.0940 e. The summed E-state index contributed by atoms with van der Waals surface area (Å²) in [7, 11) is 2.00. The molecule has 4 heteroatoms. The van der Waals surface area contributed by atoms with Gasteiger partial charge in [0.05, 0.1) is 5.01 Å². The number of hydrogen-bond acceptors (Lipinski definition) is 4. The van der Waals surface area contributed by atoms with Gasteiger partial charge in [0.25, 0.3) is 0 Å². The van der Waals surface area contributed by atoms with Crippen LogP contribution in [-0.2, 0) is 19.4 Å². The normalized spacial score (nSPS) is 10.9. The lowest BCUT2D eigenvalue weighted by molar-refractivity contribution is 0.676. The average Bonchev–Trinajstić information content (AvgIpc) is 2.88. The molecule has 0 radical (unpaired) electrons. The Morgan fingerprint density at radius 3 is 2.60 bits per heavy atom. The van der Waals surface area contributed by atoms with Gasteiger partial charge in [0, 0.05) is 30.6 Å². The second-order valence-electron chi connectivity index (χ2n) is 4.93. The average molecular weight is 289 g/mol. The Labute approximate surface area is 125 Å². The van der Waals surface area contributed by atoms with Crippen molar-refractivity contribution in [3.63, 3.8) is 0 Å². The third-order valence-corrected chi connectivity index (χ3v) is 4.29. The molecule has 2 N–H and O–H groups in total. The lowest BCUT2D eigenvalue weighted by Crippen LogP contribution is -2.18. The van der Waals surface area contributed by atoms with Gasteiger partial charge in [-0.2, -0.15) is 0 Å². The lowest BCUT2D eigenvalue weighted by atomic mass is 10.0. The number of benzene rings is 1. The van der Waals surface area contributed by atoms with Gasteiger partial charge in [0.1, 0.15) is 0 Å². The minimum atomic E-state index is 0.935. The molecular formula is C16H23N3S. The van der Waals surface area contributed by atoms with E-state index in [-0.39, 0.29) is 0 Å². The molecule has 1 heterocycles. The number of rotatable bonds is 8. The number of thiazole rings is 1. The Balaban J connectivity index is 1.78. The van der Waals surface area contributed by atoms with Crippen LogP contribution in [0.15, 0.2) is 29.6 Å². The van der Waals surface area contributed by atoms with Crippen molar-refractivity contribution in [2.75, 3.05) is 20.1 Å². The molecule has 3 nitrogen and oxygen atoms in total. The van der Waals surface area contributed by atoms with E-state index in [9.17, 15) is 0 Å². The van der Waals surface area contributed by atoms with E-state index in [0.717, 1.165) is 38.2 Å². The predicted molar refractivity (Wildman–Crippen MR) is 86.3 cm³/mol. The Morgan fingerprint density at radius 2 is 1.90 bits per heavy atom. The first-order valence-corrected chi connectivity index (χ1v) is 8.00. The molecule has 0 bridgehead atoms. The summed E-state index contributed by atoms with van der Waals surface area (Å²) in [4.78, 5) is 4.48. The van der Waals surface area contributed by atoms with Gasteiger partial charge in [-0.3, -0.25) is 0 Å². The Morgan fingerprint density at radius 1 is 1.10 bits per heavy atom. The lowest BCUT2D eigenvalue weighted by Gasteiger charge is -2.10. The molecule has 0 aliphatic heterocycles. The van der Waals surface area contributed by atoms with Gasteiger partial charge >= 0.3 is 0 Å². The first kappa shape index (κ1) is 15.2.